The number of hydrogen-bond acceptors (Lipinski definition) is 6. The van der Waals surface area contributed by atoms with E-state index in [1.165, 1.54) is 0 Å². The summed E-state index contributed by atoms with van der Waals surface area (Å²) in [6, 6.07) is 0. The monoisotopic (exact) mass is 295 g/mol. The molecule has 0 aliphatic carbocycles. The lowest BCUT2D eigenvalue weighted by molar-refractivity contribution is 0.0689. The lowest BCUT2D eigenvalue weighted by Crippen LogP contribution is -2.14. The normalized spacial score (nSPS) is 10.9. The third-order valence-electron chi connectivity index (χ3n) is 2.80. The summed E-state index contributed by atoms with van der Waals surface area (Å²) in [5.41, 5.74) is 6.91. The lowest BCUT2D eigenvalue weighted by Gasteiger charge is -2.04. The first-order valence-corrected chi connectivity index (χ1v) is 7.32. The van der Waals surface area contributed by atoms with Crippen LogP contribution in [0.25, 0.3) is 0 Å². The van der Waals surface area contributed by atoms with Crippen molar-refractivity contribution in [1.29, 1.82) is 0 Å². The average molecular weight is 295 g/mol. The fraction of sp³-hybridized carbons (Fsp3) is 0.500. The molecule has 0 aliphatic rings. The Morgan fingerprint density at radius 3 is 2.95 bits per heavy atom. The Bertz CT molecular complexity index is 592. The molecular weight excluding hydrogens is 278 g/mol. The first kappa shape index (κ1) is 14.6. The van der Waals surface area contributed by atoms with Crippen molar-refractivity contribution in [1.82, 2.24) is 20.0 Å². The quantitative estimate of drug-likeness (QED) is 0.787. The molecule has 2 heterocycles. The van der Waals surface area contributed by atoms with E-state index in [1.807, 2.05) is 5.38 Å². The molecule has 0 amide bonds. The summed E-state index contributed by atoms with van der Waals surface area (Å²) in [6.45, 7) is 2.89. The topological polar surface area (TPSA) is 107 Å². The second kappa shape index (κ2) is 6.58. The maximum atomic E-state index is 11.1. The standard InChI is InChI=1S/C12H17N5O2S/c1-2-3-10-14-8(7-20-10)6-17-9(4-5-13)11(12(18)19)15-16-17/h7H,2-6,13H2,1H3,(H,18,19). The minimum absolute atomic E-state index is 0.0283. The molecule has 0 bridgehead atoms. The van der Waals surface area contributed by atoms with E-state index < -0.39 is 5.97 Å². The summed E-state index contributed by atoms with van der Waals surface area (Å²) >= 11 is 1.61. The number of carboxylic acids is 1. The van der Waals surface area contributed by atoms with Crippen LogP contribution in [0.4, 0.5) is 0 Å². The Morgan fingerprint density at radius 1 is 1.50 bits per heavy atom. The first-order chi connectivity index (χ1) is 9.65. The second-order valence-corrected chi connectivity index (χ2v) is 5.31. The third-order valence-corrected chi connectivity index (χ3v) is 3.75. The highest BCUT2D eigenvalue weighted by Crippen LogP contribution is 2.14. The highest BCUT2D eigenvalue weighted by atomic mass is 32.1. The van der Waals surface area contributed by atoms with Gasteiger partial charge in [-0.2, -0.15) is 0 Å². The van der Waals surface area contributed by atoms with E-state index >= 15 is 0 Å². The zero-order valence-corrected chi connectivity index (χ0v) is 12.1. The van der Waals surface area contributed by atoms with Crippen molar-refractivity contribution in [2.24, 2.45) is 5.73 Å². The van der Waals surface area contributed by atoms with Crippen LogP contribution in [0.5, 0.6) is 0 Å². The molecule has 3 N–H and O–H groups in total. The minimum atomic E-state index is -1.08. The largest absolute Gasteiger partial charge is 0.476 e. The van der Waals surface area contributed by atoms with Crippen molar-refractivity contribution in [2.75, 3.05) is 6.54 Å². The number of aromatic carboxylic acids is 1. The summed E-state index contributed by atoms with van der Waals surface area (Å²) in [7, 11) is 0. The Hall–Kier alpha value is -1.80. The molecule has 2 aromatic rings. The van der Waals surface area contributed by atoms with Gasteiger partial charge in [0.15, 0.2) is 5.69 Å². The van der Waals surface area contributed by atoms with Crippen LogP contribution in [0.2, 0.25) is 0 Å². The molecule has 2 rings (SSSR count). The van der Waals surface area contributed by atoms with Gasteiger partial charge in [-0.1, -0.05) is 12.1 Å². The number of aryl methyl sites for hydroxylation is 1. The van der Waals surface area contributed by atoms with Crippen molar-refractivity contribution in [3.05, 3.63) is 27.5 Å². The molecule has 0 saturated heterocycles. The van der Waals surface area contributed by atoms with Gasteiger partial charge in [0.2, 0.25) is 0 Å². The highest BCUT2D eigenvalue weighted by Gasteiger charge is 2.18. The smallest absolute Gasteiger partial charge is 0.358 e. The summed E-state index contributed by atoms with van der Waals surface area (Å²) in [5, 5.41) is 19.7. The maximum Gasteiger partial charge on any atom is 0.358 e. The molecule has 0 atom stereocenters. The first-order valence-electron chi connectivity index (χ1n) is 6.44. The molecule has 0 saturated carbocycles. The zero-order valence-electron chi connectivity index (χ0n) is 11.2. The molecule has 7 nitrogen and oxygen atoms in total. The number of carbonyl (C=O) groups is 1. The molecule has 2 aromatic heterocycles. The zero-order chi connectivity index (χ0) is 14.5. The second-order valence-electron chi connectivity index (χ2n) is 4.37. The van der Waals surface area contributed by atoms with Gasteiger partial charge in [0.05, 0.1) is 22.9 Å². The number of rotatable bonds is 7. The predicted molar refractivity (Wildman–Crippen MR) is 75.0 cm³/mol. The van der Waals surface area contributed by atoms with E-state index in [0.29, 0.717) is 25.2 Å². The van der Waals surface area contributed by atoms with Crippen LogP contribution in [0.3, 0.4) is 0 Å². The van der Waals surface area contributed by atoms with Gasteiger partial charge in [-0.15, -0.1) is 16.4 Å². The fourth-order valence-electron chi connectivity index (χ4n) is 1.91. The van der Waals surface area contributed by atoms with Crippen LogP contribution in [0.15, 0.2) is 5.38 Å². The Balaban J connectivity index is 2.21. The van der Waals surface area contributed by atoms with Gasteiger partial charge in [0.1, 0.15) is 0 Å². The third kappa shape index (κ3) is 3.20. The molecule has 8 heteroatoms. The molecule has 0 aromatic carbocycles. The van der Waals surface area contributed by atoms with Crippen LogP contribution in [-0.2, 0) is 19.4 Å². The van der Waals surface area contributed by atoms with E-state index in [-0.39, 0.29) is 5.69 Å². The van der Waals surface area contributed by atoms with Gasteiger partial charge >= 0.3 is 5.97 Å². The van der Waals surface area contributed by atoms with Crippen LogP contribution in [-0.4, -0.2) is 37.6 Å². The Morgan fingerprint density at radius 2 is 2.30 bits per heavy atom. The molecule has 0 radical (unpaired) electrons. The maximum absolute atomic E-state index is 11.1. The number of nitrogens with two attached hydrogens (primary N) is 1. The van der Waals surface area contributed by atoms with Crippen molar-refractivity contribution >= 4 is 17.3 Å². The van der Waals surface area contributed by atoms with Gasteiger partial charge < -0.3 is 10.8 Å². The number of carboxylic acid groups (broad SMARTS) is 1. The Kier molecular flexibility index (Phi) is 4.80. The number of nitrogens with zero attached hydrogens (tertiary/aromatic N) is 4. The summed E-state index contributed by atoms with van der Waals surface area (Å²) < 4.78 is 1.57. The summed E-state index contributed by atoms with van der Waals surface area (Å²) in [6.07, 6.45) is 2.44. The highest BCUT2D eigenvalue weighted by molar-refractivity contribution is 7.09. The molecule has 0 spiro atoms. The molecule has 0 unspecified atom stereocenters. The van der Waals surface area contributed by atoms with Crippen LogP contribution in [0.1, 0.15) is 40.2 Å². The molecule has 0 aliphatic heterocycles. The van der Waals surface area contributed by atoms with E-state index in [4.69, 9.17) is 10.8 Å². The van der Waals surface area contributed by atoms with Crippen LogP contribution < -0.4 is 5.73 Å². The number of hydrogen-bond donors (Lipinski definition) is 2. The molecule has 108 valence electrons. The Labute approximate surface area is 120 Å². The van der Waals surface area contributed by atoms with Crippen molar-refractivity contribution < 1.29 is 9.90 Å². The molecule has 20 heavy (non-hydrogen) atoms. The average Bonchev–Trinajstić information content (AvgIpc) is 2.99. The molecular formula is C12H17N5O2S. The molecule has 0 fully saturated rings. The van der Waals surface area contributed by atoms with Gasteiger partial charge in [0, 0.05) is 11.8 Å². The van der Waals surface area contributed by atoms with Crippen molar-refractivity contribution in [2.45, 2.75) is 32.7 Å². The van der Waals surface area contributed by atoms with E-state index in [0.717, 1.165) is 23.5 Å². The fourth-order valence-corrected chi connectivity index (χ4v) is 2.81. The SMILES string of the molecule is CCCc1nc(Cn2nnc(C(=O)O)c2CCN)cs1. The van der Waals surface area contributed by atoms with Gasteiger partial charge in [0.25, 0.3) is 0 Å². The van der Waals surface area contributed by atoms with Gasteiger partial charge in [-0.25, -0.2) is 14.5 Å². The van der Waals surface area contributed by atoms with E-state index in [2.05, 4.69) is 22.2 Å². The van der Waals surface area contributed by atoms with Crippen LogP contribution in [0, 0.1) is 0 Å². The van der Waals surface area contributed by atoms with E-state index in [9.17, 15) is 4.79 Å². The van der Waals surface area contributed by atoms with Crippen LogP contribution >= 0.6 is 11.3 Å². The lowest BCUT2D eigenvalue weighted by atomic mass is 10.2. The number of thiazole rings is 1. The van der Waals surface area contributed by atoms with E-state index in [1.54, 1.807) is 16.0 Å². The number of aromatic nitrogens is 4. The summed E-state index contributed by atoms with van der Waals surface area (Å²) in [5.74, 6) is -1.08. The summed E-state index contributed by atoms with van der Waals surface area (Å²) in [4.78, 5) is 15.6. The minimum Gasteiger partial charge on any atom is -0.476 e. The van der Waals surface area contributed by atoms with Gasteiger partial charge in [-0.05, 0) is 19.4 Å². The predicted octanol–water partition coefficient (Wildman–Crippen LogP) is 0.935. The van der Waals surface area contributed by atoms with Crippen molar-refractivity contribution in [3.8, 4) is 0 Å². The van der Waals surface area contributed by atoms with Gasteiger partial charge in [-0.3, -0.25) is 0 Å². The van der Waals surface area contributed by atoms with Crippen molar-refractivity contribution in [3.63, 3.8) is 0 Å².